The molecule has 0 fully saturated rings. The van der Waals surface area contributed by atoms with E-state index in [1.807, 2.05) is 0 Å². The van der Waals surface area contributed by atoms with Crippen molar-refractivity contribution in [2.24, 2.45) is 16.5 Å². The second kappa shape index (κ2) is 5.85. The van der Waals surface area contributed by atoms with E-state index in [1.54, 1.807) is 11.3 Å². The van der Waals surface area contributed by atoms with Gasteiger partial charge in [-0.15, -0.1) is 0 Å². The summed E-state index contributed by atoms with van der Waals surface area (Å²) in [5.74, 6) is 0.662. The van der Waals surface area contributed by atoms with Crippen molar-refractivity contribution in [2.75, 3.05) is 0 Å². The molecule has 2 aromatic rings. The van der Waals surface area contributed by atoms with Crippen LogP contribution in [0.5, 0.6) is 0 Å². The molecule has 1 aliphatic rings. The number of thiazole rings is 1. The number of aryl methyl sites for hydroxylation is 2. The minimum Gasteiger partial charge on any atom is -0.370 e. The number of benzene rings is 1. The standard InChI is InChI=1S/C16H20N4S/c1-2-10-5-3-4-6-12(10)11-7-8-13-14(9-11)21-16(19-13)20-15(17)18/h3-6,11H,2,7-9H2,1H3,(H4,17,18,19,20). The second-order valence-corrected chi connectivity index (χ2v) is 6.46. The van der Waals surface area contributed by atoms with E-state index < -0.39 is 0 Å². The molecule has 4 N–H and O–H groups in total. The molecule has 0 saturated heterocycles. The molecule has 0 amide bonds. The van der Waals surface area contributed by atoms with Crippen LogP contribution in [0.1, 0.15) is 41.0 Å². The minimum atomic E-state index is 0.0778. The summed E-state index contributed by atoms with van der Waals surface area (Å²) in [7, 11) is 0. The van der Waals surface area contributed by atoms with E-state index in [1.165, 1.54) is 21.7 Å². The number of aliphatic imine (C=N–C) groups is 1. The van der Waals surface area contributed by atoms with Crippen LogP contribution < -0.4 is 11.5 Å². The fourth-order valence-corrected chi connectivity index (χ4v) is 4.12. The van der Waals surface area contributed by atoms with Crippen LogP contribution in [-0.4, -0.2) is 10.9 Å². The van der Waals surface area contributed by atoms with E-state index in [2.05, 4.69) is 41.2 Å². The summed E-state index contributed by atoms with van der Waals surface area (Å²) in [4.78, 5) is 9.94. The first-order valence-corrected chi connectivity index (χ1v) is 8.15. The lowest BCUT2D eigenvalue weighted by atomic mass is 9.83. The molecule has 1 aromatic heterocycles. The van der Waals surface area contributed by atoms with Crippen molar-refractivity contribution in [3.05, 3.63) is 46.0 Å². The van der Waals surface area contributed by atoms with Gasteiger partial charge in [-0.3, -0.25) is 0 Å². The maximum Gasteiger partial charge on any atom is 0.212 e. The first-order chi connectivity index (χ1) is 10.2. The number of hydrogen-bond donors (Lipinski definition) is 2. The van der Waals surface area contributed by atoms with Gasteiger partial charge in [-0.1, -0.05) is 42.5 Å². The summed E-state index contributed by atoms with van der Waals surface area (Å²) < 4.78 is 0. The number of nitrogens with two attached hydrogens (primary N) is 2. The third kappa shape index (κ3) is 2.93. The molecule has 0 bridgehead atoms. The molecule has 1 unspecified atom stereocenters. The molecule has 0 aliphatic heterocycles. The largest absolute Gasteiger partial charge is 0.370 e. The summed E-state index contributed by atoms with van der Waals surface area (Å²) in [6.07, 6.45) is 4.29. The van der Waals surface area contributed by atoms with Crippen molar-refractivity contribution in [1.82, 2.24) is 4.98 Å². The third-order valence-corrected chi connectivity index (χ3v) is 5.04. The predicted octanol–water partition coefficient (Wildman–Crippen LogP) is 2.88. The number of aromatic nitrogens is 1. The highest BCUT2D eigenvalue weighted by Crippen LogP contribution is 2.38. The SMILES string of the molecule is CCc1ccccc1C1CCc2nc(N=C(N)N)sc2C1. The van der Waals surface area contributed by atoms with E-state index >= 15 is 0 Å². The quantitative estimate of drug-likeness (QED) is 0.676. The molecule has 5 heteroatoms. The first-order valence-electron chi connectivity index (χ1n) is 7.33. The molecule has 0 radical (unpaired) electrons. The Morgan fingerprint density at radius 2 is 2.19 bits per heavy atom. The zero-order chi connectivity index (χ0) is 14.8. The van der Waals surface area contributed by atoms with Gasteiger partial charge < -0.3 is 11.5 Å². The number of fused-ring (bicyclic) bond motifs is 1. The van der Waals surface area contributed by atoms with Crippen LogP contribution in [0, 0.1) is 0 Å². The molecule has 1 aliphatic carbocycles. The van der Waals surface area contributed by atoms with Gasteiger partial charge in [0.05, 0.1) is 5.69 Å². The molecule has 1 aromatic carbocycles. The van der Waals surface area contributed by atoms with Gasteiger partial charge >= 0.3 is 0 Å². The molecule has 1 atom stereocenters. The highest BCUT2D eigenvalue weighted by Gasteiger charge is 2.24. The van der Waals surface area contributed by atoms with Crippen molar-refractivity contribution < 1.29 is 0 Å². The fourth-order valence-electron chi connectivity index (χ4n) is 3.04. The third-order valence-electron chi connectivity index (χ3n) is 4.03. The van der Waals surface area contributed by atoms with Crippen LogP contribution in [0.4, 0.5) is 5.13 Å². The molecular formula is C16H20N4S. The van der Waals surface area contributed by atoms with Crippen molar-refractivity contribution in [3.8, 4) is 0 Å². The topological polar surface area (TPSA) is 77.3 Å². The van der Waals surface area contributed by atoms with Gasteiger partial charge in [-0.2, -0.15) is 4.99 Å². The van der Waals surface area contributed by atoms with Crippen molar-refractivity contribution in [3.63, 3.8) is 0 Å². The minimum absolute atomic E-state index is 0.0778. The van der Waals surface area contributed by atoms with Crippen LogP contribution in [0.3, 0.4) is 0 Å². The van der Waals surface area contributed by atoms with Crippen LogP contribution in [0.15, 0.2) is 29.3 Å². The van der Waals surface area contributed by atoms with Crippen LogP contribution in [-0.2, 0) is 19.3 Å². The zero-order valence-corrected chi connectivity index (χ0v) is 13.0. The van der Waals surface area contributed by atoms with Gasteiger partial charge in [-0.25, -0.2) is 4.98 Å². The Bertz CT molecular complexity index is 671. The molecule has 110 valence electrons. The Hall–Kier alpha value is -1.88. The number of guanidine groups is 1. The summed E-state index contributed by atoms with van der Waals surface area (Å²) in [6.45, 7) is 2.22. The first kappa shape index (κ1) is 14.1. The van der Waals surface area contributed by atoms with Gasteiger partial charge in [0.1, 0.15) is 0 Å². The normalized spacial score (nSPS) is 17.3. The van der Waals surface area contributed by atoms with E-state index in [4.69, 9.17) is 11.5 Å². The average Bonchev–Trinajstić information content (AvgIpc) is 2.87. The Kier molecular flexibility index (Phi) is 3.92. The summed E-state index contributed by atoms with van der Waals surface area (Å²) >= 11 is 1.62. The lowest BCUT2D eigenvalue weighted by Crippen LogP contribution is -2.21. The van der Waals surface area contributed by atoms with Gasteiger partial charge in [0.15, 0.2) is 5.96 Å². The summed E-state index contributed by atoms with van der Waals surface area (Å²) in [5.41, 5.74) is 15.0. The van der Waals surface area contributed by atoms with E-state index in [0.717, 1.165) is 25.7 Å². The van der Waals surface area contributed by atoms with Gasteiger partial charge in [0.2, 0.25) is 5.13 Å². The molecular weight excluding hydrogens is 280 g/mol. The molecule has 3 rings (SSSR count). The smallest absolute Gasteiger partial charge is 0.212 e. The molecule has 1 heterocycles. The van der Waals surface area contributed by atoms with Crippen molar-refractivity contribution >= 4 is 22.4 Å². The number of nitrogens with zero attached hydrogens (tertiary/aromatic N) is 2. The Morgan fingerprint density at radius 3 is 2.95 bits per heavy atom. The predicted molar refractivity (Wildman–Crippen MR) is 88.2 cm³/mol. The monoisotopic (exact) mass is 300 g/mol. The molecule has 21 heavy (non-hydrogen) atoms. The van der Waals surface area contributed by atoms with E-state index in [0.29, 0.717) is 11.0 Å². The van der Waals surface area contributed by atoms with Gasteiger partial charge in [0.25, 0.3) is 0 Å². The molecule has 0 spiro atoms. The Labute approximate surface area is 128 Å². The van der Waals surface area contributed by atoms with Gasteiger partial charge in [0, 0.05) is 4.88 Å². The zero-order valence-electron chi connectivity index (χ0n) is 12.2. The van der Waals surface area contributed by atoms with Crippen LogP contribution in [0.2, 0.25) is 0 Å². The van der Waals surface area contributed by atoms with Crippen molar-refractivity contribution in [2.45, 2.75) is 38.5 Å². The lowest BCUT2D eigenvalue weighted by Gasteiger charge is -2.23. The fraction of sp³-hybridized carbons (Fsp3) is 0.375. The summed E-state index contributed by atoms with van der Waals surface area (Å²) in [5, 5.41) is 0.685. The Morgan fingerprint density at radius 1 is 1.38 bits per heavy atom. The molecule has 0 saturated carbocycles. The number of hydrogen-bond acceptors (Lipinski definition) is 3. The molecule has 4 nitrogen and oxygen atoms in total. The maximum atomic E-state index is 5.43. The second-order valence-electron chi connectivity index (χ2n) is 5.40. The maximum absolute atomic E-state index is 5.43. The van der Waals surface area contributed by atoms with Crippen LogP contribution in [0.25, 0.3) is 0 Å². The highest BCUT2D eigenvalue weighted by atomic mass is 32.1. The van der Waals surface area contributed by atoms with E-state index in [9.17, 15) is 0 Å². The lowest BCUT2D eigenvalue weighted by molar-refractivity contribution is 0.580. The average molecular weight is 300 g/mol. The summed E-state index contributed by atoms with van der Waals surface area (Å²) in [6, 6.07) is 8.77. The number of rotatable bonds is 3. The highest BCUT2D eigenvalue weighted by molar-refractivity contribution is 7.15. The Balaban J connectivity index is 1.87. The van der Waals surface area contributed by atoms with E-state index in [-0.39, 0.29) is 5.96 Å². The van der Waals surface area contributed by atoms with Gasteiger partial charge in [-0.05, 0) is 42.7 Å². The van der Waals surface area contributed by atoms with Crippen molar-refractivity contribution in [1.29, 1.82) is 0 Å². The van der Waals surface area contributed by atoms with Crippen LogP contribution >= 0.6 is 11.3 Å².